The maximum atomic E-state index is 14.5. The number of hydrogen-bond donors (Lipinski definition) is 1. The molecule has 0 aliphatic rings. The number of rotatable bonds is 11. The van der Waals surface area contributed by atoms with Crippen LogP contribution in [0.25, 0.3) is 0 Å². The first-order valence-corrected chi connectivity index (χ1v) is 13.6. The molecule has 3 aromatic carbocycles. The molecule has 0 saturated heterocycles. The number of nitrogens with zero attached hydrogens (tertiary/aromatic N) is 2. The molecule has 1 unspecified atom stereocenters. The van der Waals surface area contributed by atoms with E-state index in [0.717, 1.165) is 4.31 Å². The van der Waals surface area contributed by atoms with Crippen molar-refractivity contribution in [1.82, 2.24) is 10.2 Å². The summed E-state index contributed by atoms with van der Waals surface area (Å²) in [5.74, 6) is -1.62. The lowest BCUT2D eigenvalue weighted by molar-refractivity contribution is -0.139. The van der Waals surface area contributed by atoms with Crippen LogP contribution in [0.5, 0.6) is 0 Å². The Hall–Kier alpha value is -3.43. The maximum Gasteiger partial charge on any atom is 0.264 e. The van der Waals surface area contributed by atoms with Gasteiger partial charge in [-0.15, -0.1) is 0 Å². The van der Waals surface area contributed by atoms with Gasteiger partial charge in [-0.2, -0.15) is 0 Å². The molecule has 3 aromatic rings. The first kappa shape index (κ1) is 28.1. The minimum atomic E-state index is -4.17. The molecule has 1 atom stereocenters. The second-order valence-corrected chi connectivity index (χ2v) is 10.7. The SMILES string of the molecule is CCCNC(=O)C(C)N(Cc1ccccc1F)C(=O)CN(c1ccc(Cl)cc1)S(=O)(=O)c1ccccc1. The Morgan fingerprint density at radius 1 is 0.973 bits per heavy atom. The summed E-state index contributed by atoms with van der Waals surface area (Å²) in [5.41, 5.74) is 0.422. The molecule has 3 rings (SSSR count). The smallest absolute Gasteiger partial charge is 0.264 e. The van der Waals surface area contributed by atoms with Gasteiger partial charge in [-0.1, -0.05) is 54.9 Å². The van der Waals surface area contributed by atoms with Crippen molar-refractivity contribution in [1.29, 1.82) is 0 Å². The summed E-state index contributed by atoms with van der Waals surface area (Å²) in [4.78, 5) is 27.7. The average molecular weight is 546 g/mol. The van der Waals surface area contributed by atoms with Crippen LogP contribution in [-0.4, -0.2) is 44.3 Å². The van der Waals surface area contributed by atoms with Gasteiger partial charge in [0, 0.05) is 23.7 Å². The second kappa shape index (κ2) is 12.7. The zero-order valence-electron chi connectivity index (χ0n) is 20.6. The summed E-state index contributed by atoms with van der Waals surface area (Å²) >= 11 is 6.00. The molecule has 0 fully saturated rings. The van der Waals surface area contributed by atoms with E-state index < -0.39 is 40.2 Å². The van der Waals surface area contributed by atoms with Gasteiger partial charge < -0.3 is 10.2 Å². The van der Waals surface area contributed by atoms with Crippen LogP contribution >= 0.6 is 11.6 Å². The predicted octanol–water partition coefficient (Wildman–Crippen LogP) is 4.62. The number of sulfonamides is 1. The largest absolute Gasteiger partial charge is 0.354 e. The van der Waals surface area contributed by atoms with Gasteiger partial charge in [0.1, 0.15) is 18.4 Å². The molecule has 7 nitrogen and oxygen atoms in total. The van der Waals surface area contributed by atoms with Crippen LogP contribution in [0.15, 0.2) is 83.8 Å². The van der Waals surface area contributed by atoms with E-state index in [1.807, 2.05) is 6.92 Å². The Kier molecular flexibility index (Phi) is 9.66. The maximum absolute atomic E-state index is 14.5. The van der Waals surface area contributed by atoms with Gasteiger partial charge in [-0.05, 0) is 55.8 Å². The summed E-state index contributed by atoms with van der Waals surface area (Å²) < 4.78 is 42.7. The van der Waals surface area contributed by atoms with Crippen molar-refractivity contribution in [2.45, 2.75) is 37.8 Å². The lowest BCUT2D eigenvalue weighted by Gasteiger charge is -2.32. The molecule has 0 aliphatic carbocycles. The fraction of sp³-hybridized carbons (Fsp3) is 0.259. The fourth-order valence-electron chi connectivity index (χ4n) is 3.64. The summed E-state index contributed by atoms with van der Waals surface area (Å²) in [7, 11) is -4.17. The van der Waals surface area contributed by atoms with E-state index in [4.69, 9.17) is 11.6 Å². The van der Waals surface area contributed by atoms with Crippen molar-refractivity contribution in [3.8, 4) is 0 Å². The van der Waals surface area contributed by atoms with E-state index >= 15 is 0 Å². The van der Waals surface area contributed by atoms with Crippen LogP contribution < -0.4 is 9.62 Å². The Labute approximate surface area is 221 Å². The molecular weight excluding hydrogens is 517 g/mol. The number of carbonyl (C=O) groups is 2. The van der Waals surface area contributed by atoms with Gasteiger partial charge in [-0.3, -0.25) is 13.9 Å². The summed E-state index contributed by atoms with van der Waals surface area (Å²) in [5, 5.41) is 3.14. The van der Waals surface area contributed by atoms with Gasteiger partial charge in [-0.25, -0.2) is 12.8 Å². The van der Waals surface area contributed by atoms with Crippen molar-refractivity contribution in [3.05, 3.63) is 95.3 Å². The molecule has 0 aromatic heterocycles. The van der Waals surface area contributed by atoms with Crippen molar-refractivity contribution >= 4 is 39.1 Å². The van der Waals surface area contributed by atoms with Crippen molar-refractivity contribution in [2.75, 3.05) is 17.4 Å². The van der Waals surface area contributed by atoms with E-state index in [9.17, 15) is 22.4 Å². The summed E-state index contributed by atoms with van der Waals surface area (Å²) in [6, 6.07) is 18.7. The van der Waals surface area contributed by atoms with Gasteiger partial charge >= 0.3 is 0 Å². The standard InChI is InChI=1S/C27H29ClFN3O4S/c1-3-17-30-27(34)20(2)31(18-21-9-7-8-12-25(21)29)26(33)19-32(23-15-13-22(28)14-16-23)37(35,36)24-10-5-4-6-11-24/h4-16,20H,3,17-19H2,1-2H3,(H,30,34). The van der Waals surface area contributed by atoms with Crippen molar-refractivity contribution < 1.29 is 22.4 Å². The lowest BCUT2D eigenvalue weighted by Crippen LogP contribution is -2.51. The highest BCUT2D eigenvalue weighted by Crippen LogP contribution is 2.26. The minimum absolute atomic E-state index is 0.00728. The van der Waals surface area contributed by atoms with Crippen LogP contribution in [0.4, 0.5) is 10.1 Å². The molecule has 0 radical (unpaired) electrons. The molecule has 0 bridgehead atoms. The summed E-state index contributed by atoms with van der Waals surface area (Å²) in [6.07, 6.45) is 0.694. The molecule has 0 heterocycles. The molecule has 0 aliphatic heterocycles. The average Bonchev–Trinajstić information content (AvgIpc) is 2.90. The Morgan fingerprint density at radius 3 is 2.22 bits per heavy atom. The number of carbonyl (C=O) groups excluding carboxylic acids is 2. The van der Waals surface area contributed by atoms with Gasteiger partial charge in [0.05, 0.1) is 10.6 Å². The fourth-order valence-corrected chi connectivity index (χ4v) is 5.21. The van der Waals surface area contributed by atoms with Crippen LogP contribution in [-0.2, 0) is 26.2 Å². The van der Waals surface area contributed by atoms with E-state index in [2.05, 4.69) is 5.32 Å². The second-order valence-electron chi connectivity index (χ2n) is 8.38. The minimum Gasteiger partial charge on any atom is -0.354 e. The predicted molar refractivity (Wildman–Crippen MR) is 142 cm³/mol. The highest BCUT2D eigenvalue weighted by molar-refractivity contribution is 7.92. The first-order valence-electron chi connectivity index (χ1n) is 11.8. The van der Waals surface area contributed by atoms with Gasteiger partial charge in [0.2, 0.25) is 11.8 Å². The molecule has 37 heavy (non-hydrogen) atoms. The Morgan fingerprint density at radius 2 is 1.59 bits per heavy atom. The van der Waals surface area contributed by atoms with Gasteiger partial charge in [0.25, 0.3) is 10.0 Å². The highest BCUT2D eigenvalue weighted by Gasteiger charge is 2.32. The molecular formula is C27H29ClFN3O4S. The topological polar surface area (TPSA) is 86.8 Å². The van der Waals surface area contributed by atoms with E-state index in [1.54, 1.807) is 24.3 Å². The van der Waals surface area contributed by atoms with Crippen molar-refractivity contribution in [2.24, 2.45) is 0 Å². The number of hydrogen-bond acceptors (Lipinski definition) is 4. The number of amides is 2. The third-order valence-corrected chi connectivity index (χ3v) is 7.78. The third kappa shape index (κ3) is 7.08. The van der Waals surface area contributed by atoms with Crippen LogP contribution in [0.3, 0.4) is 0 Å². The highest BCUT2D eigenvalue weighted by atomic mass is 35.5. The number of anilines is 1. The van der Waals surface area contributed by atoms with Crippen LogP contribution in [0.1, 0.15) is 25.8 Å². The van der Waals surface area contributed by atoms with E-state index in [1.165, 1.54) is 66.4 Å². The molecule has 0 saturated carbocycles. The Balaban J connectivity index is 2.01. The Bertz CT molecular complexity index is 1320. The first-order chi connectivity index (χ1) is 17.6. The molecule has 196 valence electrons. The number of nitrogens with one attached hydrogen (secondary N) is 1. The molecule has 1 N–H and O–H groups in total. The van der Waals surface area contributed by atoms with Crippen LogP contribution in [0.2, 0.25) is 5.02 Å². The number of halogens is 2. The molecule has 0 spiro atoms. The molecule has 10 heteroatoms. The van der Waals surface area contributed by atoms with Crippen molar-refractivity contribution in [3.63, 3.8) is 0 Å². The quantitative estimate of drug-likeness (QED) is 0.381. The summed E-state index contributed by atoms with van der Waals surface area (Å²) in [6.45, 7) is 3.00. The third-order valence-electron chi connectivity index (χ3n) is 5.74. The van der Waals surface area contributed by atoms with Gasteiger partial charge in [0.15, 0.2) is 0 Å². The van der Waals surface area contributed by atoms with Crippen LogP contribution in [0, 0.1) is 5.82 Å². The monoisotopic (exact) mass is 545 g/mol. The number of benzene rings is 3. The van der Waals surface area contributed by atoms with E-state index in [-0.39, 0.29) is 22.7 Å². The normalized spacial score (nSPS) is 12.0. The zero-order chi connectivity index (χ0) is 27.0. The lowest BCUT2D eigenvalue weighted by atomic mass is 10.1. The van der Waals surface area contributed by atoms with E-state index in [0.29, 0.717) is 18.0 Å². The molecule has 2 amide bonds. The zero-order valence-corrected chi connectivity index (χ0v) is 22.2.